The van der Waals surface area contributed by atoms with Gasteiger partial charge in [-0.05, 0) is 64.2 Å². The molecule has 0 aromatic carbocycles. The first-order valence-corrected chi connectivity index (χ1v) is 19.2. The van der Waals surface area contributed by atoms with Crippen molar-refractivity contribution in [3.8, 4) is 0 Å². The van der Waals surface area contributed by atoms with Crippen LogP contribution in [0.5, 0.6) is 0 Å². The first-order chi connectivity index (χ1) is 21.1. The van der Waals surface area contributed by atoms with Crippen LogP contribution in [0, 0.1) is 0 Å². The highest BCUT2D eigenvalue weighted by Crippen LogP contribution is 2.19. The quantitative estimate of drug-likeness (QED) is 0.0443. The Labute approximate surface area is 268 Å². The van der Waals surface area contributed by atoms with Gasteiger partial charge in [0.05, 0.1) is 0 Å². The summed E-state index contributed by atoms with van der Waals surface area (Å²) in [5, 5.41) is 8.80. The van der Waals surface area contributed by atoms with Gasteiger partial charge in [0.2, 0.25) is 0 Å². The van der Waals surface area contributed by atoms with Crippen LogP contribution < -0.4 is 0 Å². The lowest BCUT2D eigenvalue weighted by atomic mass is 10.0. The molecule has 0 radical (unpaired) electrons. The number of carbonyl (C=O) groups is 2. The lowest BCUT2D eigenvalue weighted by Gasteiger charge is -2.18. The second kappa shape index (κ2) is 35.2. The Bertz CT molecular complexity index is 614. The average Bonchev–Trinajstić information content (AvgIpc) is 2.99. The highest BCUT2D eigenvalue weighted by atomic mass is 16.5. The van der Waals surface area contributed by atoms with E-state index in [2.05, 4.69) is 26.0 Å². The molecular formula is C39H74O4. The van der Waals surface area contributed by atoms with E-state index in [4.69, 9.17) is 9.84 Å². The summed E-state index contributed by atoms with van der Waals surface area (Å²) < 4.78 is 5.99. The van der Waals surface area contributed by atoms with E-state index in [0.717, 1.165) is 64.2 Å². The van der Waals surface area contributed by atoms with E-state index in [9.17, 15) is 9.59 Å². The molecule has 0 rings (SSSR count). The van der Waals surface area contributed by atoms with Gasteiger partial charge in [0.25, 0.3) is 0 Å². The largest absolute Gasteiger partial charge is 0.481 e. The minimum Gasteiger partial charge on any atom is -0.481 e. The first-order valence-electron chi connectivity index (χ1n) is 19.2. The van der Waals surface area contributed by atoms with Crippen molar-refractivity contribution in [2.75, 3.05) is 0 Å². The molecule has 254 valence electrons. The lowest BCUT2D eigenvalue weighted by Crippen LogP contribution is -2.18. The number of rotatable bonds is 35. The van der Waals surface area contributed by atoms with E-state index in [1.165, 1.54) is 128 Å². The molecule has 0 heterocycles. The fourth-order valence-electron chi connectivity index (χ4n) is 5.89. The van der Waals surface area contributed by atoms with Gasteiger partial charge in [0.1, 0.15) is 6.10 Å². The third kappa shape index (κ3) is 35.0. The first kappa shape index (κ1) is 41.7. The SMILES string of the molecule is CCCCCC/C=C\CCCCCCCC(=O)OC(CCCCCCCCCCCCCC)CCCCCCCC(=O)O. The summed E-state index contributed by atoms with van der Waals surface area (Å²) >= 11 is 0. The molecule has 0 fully saturated rings. The molecule has 1 unspecified atom stereocenters. The van der Waals surface area contributed by atoms with Gasteiger partial charge in [-0.1, -0.05) is 154 Å². The molecule has 0 spiro atoms. The Kier molecular flexibility index (Phi) is 34.1. The van der Waals surface area contributed by atoms with Crippen LogP contribution in [0.25, 0.3) is 0 Å². The van der Waals surface area contributed by atoms with Gasteiger partial charge in [-0.15, -0.1) is 0 Å². The Morgan fingerprint density at radius 3 is 1.28 bits per heavy atom. The van der Waals surface area contributed by atoms with Crippen molar-refractivity contribution in [1.82, 2.24) is 0 Å². The summed E-state index contributed by atoms with van der Waals surface area (Å²) in [5.74, 6) is -0.702. The van der Waals surface area contributed by atoms with Crippen LogP contribution in [0.1, 0.15) is 219 Å². The number of aliphatic carboxylic acids is 1. The number of carboxylic acids is 1. The predicted molar refractivity (Wildman–Crippen MR) is 186 cm³/mol. The molecule has 4 nitrogen and oxygen atoms in total. The molecule has 0 saturated heterocycles. The smallest absolute Gasteiger partial charge is 0.306 e. The van der Waals surface area contributed by atoms with Crippen LogP contribution in [0.4, 0.5) is 0 Å². The molecule has 0 aliphatic carbocycles. The fraction of sp³-hybridized carbons (Fsp3) is 0.897. The summed E-state index contributed by atoms with van der Waals surface area (Å²) in [4.78, 5) is 23.3. The van der Waals surface area contributed by atoms with Crippen LogP contribution in [0.15, 0.2) is 12.2 Å². The molecule has 4 heteroatoms. The summed E-state index contributed by atoms with van der Waals surface area (Å²) in [6.45, 7) is 4.54. The molecule has 0 aliphatic rings. The van der Waals surface area contributed by atoms with E-state index in [-0.39, 0.29) is 18.5 Å². The van der Waals surface area contributed by atoms with Crippen molar-refractivity contribution in [2.24, 2.45) is 0 Å². The Hall–Kier alpha value is -1.32. The predicted octanol–water partition coefficient (Wildman–Crippen LogP) is 13.1. The number of carboxylic acid groups (broad SMARTS) is 1. The molecule has 0 amide bonds. The molecule has 1 N–H and O–H groups in total. The number of esters is 1. The van der Waals surface area contributed by atoms with Gasteiger partial charge in [-0.25, -0.2) is 0 Å². The van der Waals surface area contributed by atoms with E-state index in [0.29, 0.717) is 6.42 Å². The zero-order chi connectivity index (χ0) is 31.5. The second-order valence-corrected chi connectivity index (χ2v) is 13.1. The van der Waals surface area contributed by atoms with E-state index < -0.39 is 5.97 Å². The highest BCUT2D eigenvalue weighted by Gasteiger charge is 2.14. The molecular weight excluding hydrogens is 532 g/mol. The monoisotopic (exact) mass is 607 g/mol. The summed E-state index contributed by atoms with van der Waals surface area (Å²) in [6, 6.07) is 0. The maximum atomic E-state index is 12.6. The third-order valence-corrected chi connectivity index (χ3v) is 8.74. The van der Waals surface area contributed by atoms with E-state index in [1.54, 1.807) is 0 Å². The normalized spacial score (nSPS) is 12.2. The third-order valence-electron chi connectivity index (χ3n) is 8.74. The van der Waals surface area contributed by atoms with Crippen molar-refractivity contribution in [2.45, 2.75) is 225 Å². The standard InChI is InChI=1S/C39H74O4/c1-3-5-7-9-11-13-15-17-19-21-23-28-32-36-39(42)43-37(34-30-26-24-27-31-35-38(40)41)33-29-25-22-20-18-16-14-12-10-8-6-4-2/h13,15,37H,3-12,14,16-36H2,1-2H3,(H,40,41)/b15-13-. The Morgan fingerprint density at radius 2 is 0.837 bits per heavy atom. The topological polar surface area (TPSA) is 63.6 Å². The van der Waals surface area contributed by atoms with Crippen molar-refractivity contribution >= 4 is 11.9 Å². The van der Waals surface area contributed by atoms with Gasteiger partial charge >= 0.3 is 11.9 Å². The second-order valence-electron chi connectivity index (χ2n) is 13.1. The van der Waals surface area contributed by atoms with Gasteiger partial charge in [-0.3, -0.25) is 9.59 Å². The van der Waals surface area contributed by atoms with Crippen LogP contribution >= 0.6 is 0 Å². The minimum atomic E-state index is -0.699. The maximum Gasteiger partial charge on any atom is 0.306 e. The molecule has 43 heavy (non-hydrogen) atoms. The van der Waals surface area contributed by atoms with Gasteiger partial charge in [0.15, 0.2) is 0 Å². The van der Waals surface area contributed by atoms with E-state index in [1.807, 2.05) is 0 Å². The maximum absolute atomic E-state index is 12.6. The summed E-state index contributed by atoms with van der Waals surface area (Å²) in [7, 11) is 0. The zero-order valence-electron chi connectivity index (χ0n) is 29.0. The molecule has 1 atom stereocenters. The summed E-state index contributed by atoms with van der Waals surface area (Å²) in [5.41, 5.74) is 0. The van der Waals surface area contributed by atoms with Crippen LogP contribution in [0.3, 0.4) is 0 Å². The van der Waals surface area contributed by atoms with E-state index >= 15 is 0 Å². The molecule has 0 aromatic heterocycles. The molecule has 0 aliphatic heterocycles. The number of unbranched alkanes of at least 4 members (excludes halogenated alkanes) is 24. The van der Waals surface area contributed by atoms with Crippen molar-refractivity contribution in [1.29, 1.82) is 0 Å². The lowest BCUT2D eigenvalue weighted by molar-refractivity contribution is -0.150. The number of allylic oxidation sites excluding steroid dienone is 2. The molecule has 0 bridgehead atoms. The minimum absolute atomic E-state index is 0.00333. The highest BCUT2D eigenvalue weighted by molar-refractivity contribution is 5.69. The van der Waals surface area contributed by atoms with Crippen LogP contribution in [-0.4, -0.2) is 23.1 Å². The number of hydrogen-bond acceptors (Lipinski definition) is 3. The van der Waals surface area contributed by atoms with Crippen molar-refractivity contribution in [3.05, 3.63) is 12.2 Å². The average molecular weight is 607 g/mol. The fourth-order valence-corrected chi connectivity index (χ4v) is 5.89. The van der Waals surface area contributed by atoms with Gasteiger partial charge in [0, 0.05) is 12.8 Å². The summed E-state index contributed by atoms with van der Waals surface area (Å²) in [6.07, 6.45) is 42.2. The van der Waals surface area contributed by atoms with Crippen molar-refractivity contribution < 1.29 is 19.4 Å². The Morgan fingerprint density at radius 1 is 0.488 bits per heavy atom. The molecule has 0 saturated carbocycles. The van der Waals surface area contributed by atoms with Crippen LogP contribution in [0.2, 0.25) is 0 Å². The van der Waals surface area contributed by atoms with Crippen LogP contribution in [-0.2, 0) is 14.3 Å². The zero-order valence-corrected chi connectivity index (χ0v) is 29.0. The number of hydrogen-bond donors (Lipinski definition) is 1. The number of carbonyl (C=O) groups excluding carboxylic acids is 1. The Balaban J connectivity index is 4.04. The van der Waals surface area contributed by atoms with Gasteiger partial charge < -0.3 is 9.84 Å². The van der Waals surface area contributed by atoms with Crippen molar-refractivity contribution in [3.63, 3.8) is 0 Å². The molecule has 0 aromatic rings. The van der Waals surface area contributed by atoms with Gasteiger partial charge in [-0.2, -0.15) is 0 Å². The number of ether oxygens (including phenoxy) is 1.